The standard InChI is InChI=1S/C15H22N2O3/c16-12-6-5-11(9-13(12)18)14(19)17-10-15(20)7-3-1-2-4-8-15/h5-6,9,18,20H,1-4,7-8,10,16H2,(H,17,19). The van der Waals surface area contributed by atoms with Gasteiger partial charge in [-0.2, -0.15) is 0 Å². The molecule has 5 nitrogen and oxygen atoms in total. The Labute approximate surface area is 118 Å². The maximum Gasteiger partial charge on any atom is 0.251 e. The number of phenolic OH excluding ortho intramolecular Hbond substituents is 1. The molecule has 1 amide bonds. The molecule has 0 unspecified atom stereocenters. The van der Waals surface area contributed by atoms with E-state index in [-0.39, 0.29) is 23.9 Å². The van der Waals surface area contributed by atoms with Crippen LogP contribution in [0.3, 0.4) is 0 Å². The summed E-state index contributed by atoms with van der Waals surface area (Å²) in [5.41, 5.74) is 5.27. The molecule has 2 rings (SSSR count). The van der Waals surface area contributed by atoms with Gasteiger partial charge in [0.05, 0.1) is 11.3 Å². The maximum atomic E-state index is 12.0. The zero-order valence-corrected chi connectivity index (χ0v) is 11.6. The van der Waals surface area contributed by atoms with Crippen molar-refractivity contribution in [1.82, 2.24) is 5.32 Å². The van der Waals surface area contributed by atoms with Crippen LogP contribution in [0.4, 0.5) is 5.69 Å². The van der Waals surface area contributed by atoms with Gasteiger partial charge in [-0.25, -0.2) is 0 Å². The minimum absolute atomic E-state index is 0.106. The average Bonchev–Trinajstić information content (AvgIpc) is 2.65. The molecular weight excluding hydrogens is 256 g/mol. The van der Waals surface area contributed by atoms with E-state index >= 15 is 0 Å². The number of aliphatic hydroxyl groups is 1. The molecule has 110 valence electrons. The van der Waals surface area contributed by atoms with Crippen LogP contribution in [-0.2, 0) is 0 Å². The Kier molecular flexibility index (Phi) is 4.49. The largest absolute Gasteiger partial charge is 0.506 e. The fraction of sp³-hybridized carbons (Fsp3) is 0.533. The number of carbonyl (C=O) groups is 1. The highest BCUT2D eigenvalue weighted by atomic mass is 16.3. The summed E-state index contributed by atoms with van der Waals surface area (Å²) < 4.78 is 0. The summed E-state index contributed by atoms with van der Waals surface area (Å²) in [6, 6.07) is 4.38. The smallest absolute Gasteiger partial charge is 0.251 e. The van der Waals surface area contributed by atoms with E-state index in [4.69, 9.17) is 5.73 Å². The zero-order valence-electron chi connectivity index (χ0n) is 11.6. The van der Waals surface area contributed by atoms with Gasteiger partial charge < -0.3 is 21.3 Å². The van der Waals surface area contributed by atoms with Crippen LogP contribution in [0.25, 0.3) is 0 Å². The van der Waals surface area contributed by atoms with Crippen LogP contribution in [0.5, 0.6) is 5.75 Å². The van der Waals surface area contributed by atoms with Gasteiger partial charge in [0, 0.05) is 12.1 Å². The third-order valence-electron chi connectivity index (χ3n) is 3.90. The first kappa shape index (κ1) is 14.7. The monoisotopic (exact) mass is 278 g/mol. The molecule has 5 N–H and O–H groups in total. The van der Waals surface area contributed by atoms with E-state index in [1.54, 1.807) is 6.07 Å². The summed E-state index contributed by atoms with van der Waals surface area (Å²) >= 11 is 0. The molecule has 1 aromatic rings. The van der Waals surface area contributed by atoms with Crippen LogP contribution in [0, 0.1) is 0 Å². The quantitative estimate of drug-likeness (QED) is 0.385. The van der Waals surface area contributed by atoms with Crippen molar-refractivity contribution in [2.24, 2.45) is 0 Å². The SMILES string of the molecule is Nc1ccc(C(=O)NCC2(O)CCCCCC2)cc1O. The Morgan fingerprint density at radius 1 is 1.25 bits per heavy atom. The fourth-order valence-electron chi connectivity index (χ4n) is 2.60. The topological polar surface area (TPSA) is 95.6 Å². The Hall–Kier alpha value is -1.75. The van der Waals surface area contributed by atoms with Crippen molar-refractivity contribution < 1.29 is 15.0 Å². The van der Waals surface area contributed by atoms with Crippen molar-refractivity contribution in [1.29, 1.82) is 0 Å². The first-order valence-corrected chi connectivity index (χ1v) is 7.09. The van der Waals surface area contributed by atoms with Gasteiger partial charge in [0.1, 0.15) is 5.75 Å². The third kappa shape index (κ3) is 3.63. The number of nitrogens with two attached hydrogens (primary N) is 1. The van der Waals surface area contributed by atoms with E-state index in [1.807, 2.05) is 0 Å². The molecule has 1 fully saturated rings. The number of hydrogen-bond donors (Lipinski definition) is 4. The Bertz CT molecular complexity index is 480. The summed E-state index contributed by atoms with van der Waals surface area (Å²) in [5, 5.41) is 22.7. The number of nitrogens with one attached hydrogen (secondary N) is 1. The van der Waals surface area contributed by atoms with Crippen molar-refractivity contribution in [3.05, 3.63) is 23.8 Å². The third-order valence-corrected chi connectivity index (χ3v) is 3.90. The molecule has 5 heteroatoms. The molecule has 0 bridgehead atoms. The highest BCUT2D eigenvalue weighted by Gasteiger charge is 2.28. The second kappa shape index (κ2) is 6.13. The van der Waals surface area contributed by atoms with Crippen molar-refractivity contribution >= 4 is 11.6 Å². The second-order valence-electron chi connectivity index (χ2n) is 5.59. The lowest BCUT2D eigenvalue weighted by Gasteiger charge is -2.26. The van der Waals surface area contributed by atoms with Gasteiger partial charge in [-0.1, -0.05) is 25.7 Å². The van der Waals surface area contributed by atoms with Gasteiger partial charge in [-0.05, 0) is 31.0 Å². The molecule has 0 saturated heterocycles. The summed E-state index contributed by atoms with van der Waals surface area (Å²) in [4.78, 5) is 12.0. The van der Waals surface area contributed by atoms with E-state index in [1.165, 1.54) is 12.1 Å². The molecule has 0 spiro atoms. The van der Waals surface area contributed by atoms with E-state index in [2.05, 4.69) is 5.32 Å². The minimum Gasteiger partial charge on any atom is -0.506 e. The van der Waals surface area contributed by atoms with Gasteiger partial charge in [0.25, 0.3) is 5.91 Å². The van der Waals surface area contributed by atoms with E-state index < -0.39 is 5.60 Å². The number of phenols is 1. The predicted octanol–water partition coefficient (Wildman–Crippen LogP) is 1.79. The summed E-state index contributed by atoms with van der Waals surface area (Å²) in [6.07, 6.45) is 5.72. The van der Waals surface area contributed by atoms with Gasteiger partial charge >= 0.3 is 0 Å². The van der Waals surface area contributed by atoms with E-state index in [9.17, 15) is 15.0 Å². The second-order valence-corrected chi connectivity index (χ2v) is 5.59. The number of benzene rings is 1. The number of anilines is 1. The van der Waals surface area contributed by atoms with Gasteiger partial charge in [0.2, 0.25) is 0 Å². The number of carbonyl (C=O) groups excluding carboxylic acids is 1. The molecule has 1 aliphatic carbocycles. The average molecular weight is 278 g/mol. The lowest BCUT2D eigenvalue weighted by atomic mass is 9.94. The highest BCUT2D eigenvalue weighted by molar-refractivity contribution is 5.95. The first-order valence-electron chi connectivity index (χ1n) is 7.09. The number of hydrogen-bond acceptors (Lipinski definition) is 4. The summed E-state index contributed by atoms with van der Waals surface area (Å²) in [5.74, 6) is -0.413. The van der Waals surface area contributed by atoms with Crippen molar-refractivity contribution in [3.63, 3.8) is 0 Å². The van der Waals surface area contributed by atoms with Gasteiger partial charge in [-0.15, -0.1) is 0 Å². The first-order chi connectivity index (χ1) is 9.50. The van der Waals surface area contributed by atoms with Crippen LogP contribution < -0.4 is 11.1 Å². The Balaban J connectivity index is 1.95. The lowest BCUT2D eigenvalue weighted by molar-refractivity contribution is 0.0246. The van der Waals surface area contributed by atoms with Crippen molar-refractivity contribution in [2.75, 3.05) is 12.3 Å². The van der Waals surface area contributed by atoms with Crippen LogP contribution in [0.2, 0.25) is 0 Å². The van der Waals surface area contributed by atoms with Gasteiger partial charge in [0.15, 0.2) is 0 Å². The molecule has 1 saturated carbocycles. The minimum atomic E-state index is -0.804. The van der Waals surface area contributed by atoms with E-state index in [0.717, 1.165) is 38.5 Å². The molecule has 20 heavy (non-hydrogen) atoms. The molecule has 0 atom stereocenters. The summed E-state index contributed by atoms with van der Waals surface area (Å²) in [6.45, 7) is 0.247. The van der Waals surface area contributed by atoms with Crippen LogP contribution in [0.15, 0.2) is 18.2 Å². The molecule has 0 heterocycles. The summed E-state index contributed by atoms with van der Waals surface area (Å²) in [7, 11) is 0. The highest BCUT2D eigenvalue weighted by Crippen LogP contribution is 2.26. The zero-order chi connectivity index (χ0) is 14.6. The molecule has 0 radical (unpaired) electrons. The molecule has 1 aliphatic rings. The Morgan fingerprint density at radius 3 is 2.50 bits per heavy atom. The number of aromatic hydroxyl groups is 1. The Morgan fingerprint density at radius 2 is 1.90 bits per heavy atom. The predicted molar refractivity (Wildman–Crippen MR) is 77.5 cm³/mol. The normalized spacial score (nSPS) is 18.2. The molecular formula is C15H22N2O3. The van der Waals surface area contributed by atoms with Crippen molar-refractivity contribution in [3.8, 4) is 5.75 Å². The fourth-order valence-corrected chi connectivity index (χ4v) is 2.60. The molecule has 0 aromatic heterocycles. The maximum absolute atomic E-state index is 12.0. The van der Waals surface area contributed by atoms with Gasteiger partial charge in [-0.3, -0.25) is 4.79 Å². The lowest BCUT2D eigenvalue weighted by Crippen LogP contribution is -2.42. The molecule has 1 aromatic carbocycles. The molecule has 0 aliphatic heterocycles. The number of rotatable bonds is 3. The van der Waals surface area contributed by atoms with Crippen LogP contribution in [0.1, 0.15) is 48.9 Å². The van der Waals surface area contributed by atoms with Crippen LogP contribution >= 0.6 is 0 Å². The van der Waals surface area contributed by atoms with Crippen molar-refractivity contribution in [2.45, 2.75) is 44.1 Å². The van der Waals surface area contributed by atoms with Crippen LogP contribution in [-0.4, -0.2) is 28.3 Å². The number of nitrogen functional groups attached to an aromatic ring is 1. The number of amides is 1. The van der Waals surface area contributed by atoms with E-state index in [0.29, 0.717) is 5.56 Å².